The number of hydrogen-bond acceptors (Lipinski definition) is 4. The minimum absolute atomic E-state index is 0.713. The molecule has 2 heterocycles. The Morgan fingerprint density at radius 1 is 1.38 bits per heavy atom. The molecule has 4 nitrogen and oxygen atoms in total. The number of aromatic nitrogens is 1. The van der Waals surface area contributed by atoms with E-state index in [1.54, 1.807) is 0 Å². The normalized spacial score (nSPS) is 17.6. The van der Waals surface area contributed by atoms with Gasteiger partial charge in [-0.05, 0) is 37.8 Å². The quantitative estimate of drug-likeness (QED) is 0.869. The highest BCUT2D eigenvalue weighted by atomic mass is 35.5. The van der Waals surface area contributed by atoms with Crippen molar-refractivity contribution in [1.82, 2.24) is 10.2 Å². The van der Waals surface area contributed by atoms with Gasteiger partial charge in [-0.2, -0.15) is 5.10 Å². The molecule has 108 valence electrons. The number of halogens is 1. The number of benzene rings is 1. The molecule has 1 aliphatic heterocycles. The molecule has 2 aromatic rings. The van der Waals surface area contributed by atoms with Crippen molar-refractivity contribution in [1.29, 1.82) is 0 Å². The summed E-state index contributed by atoms with van der Waals surface area (Å²) in [4.78, 5) is 0. The standard InChI is InChI=1S/C16H16ClN3O/c1-10-15-14(19-21-10)9-20(8-11-5-6-11)18-16(15)12-3-2-4-13(17)7-12/h2-4,7,11H,5-6,8-9H2,1H3. The van der Waals surface area contributed by atoms with E-state index in [0.29, 0.717) is 5.02 Å². The minimum Gasteiger partial charge on any atom is -0.361 e. The van der Waals surface area contributed by atoms with E-state index in [-0.39, 0.29) is 0 Å². The SMILES string of the molecule is Cc1onc2c1C(c1cccc(Cl)c1)=NN(CC1CC1)C2. The van der Waals surface area contributed by atoms with E-state index >= 15 is 0 Å². The lowest BCUT2D eigenvalue weighted by atomic mass is 9.99. The predicted molar refractivity (Wildman–Crippen MR) is 81.5 cm³/mol. The van der Waals surface area contributed by atoms with Gasteiger partial charge in [-0.15, -0.1) is 0 Å². The Bertz CT molecular complexity index is 718. The van der Waals surface area contributed by atoms with Crippen molar-refractivity contribution in [2.24, 2.45) is 11.0 Å². The van der Waals surface area contributed by atoms with Gasteiger partial charge >= 0.3 is 0 Å². The molecule has 0 N–H and O–H groups in total. The fraction of sp³-hybridized carbons (Fsp3) is 0.375. The third kappa shape index (κ3) is 2.44. The smallest absolute Gasteiger partial charge is 0.143 e. The molecule has 1 aromatic carbocycles. The van der Waals surface area contributed by atoms with E-state index < -0.39 is 0 Å². The van der Waals surface area contributed by atoms with Crippen LogP contribution in [0.5, 0.6) is 0 Å². The van der Waals surface area contributed by atoms with Crippen LogP contribution in [-0.4, -0.2) is 22.4 Å². The van der Waals surface area contributed by atoms with E-state index in [9.17, 15) is 0 Å². The minimum atomic E-state index is 0.713. The van der Waals surface area contributed by atoms with Gasteiger partial charge in [-0.1, -0.05) is 28.9 Å². The van der Waals surface area contributed by atoms with Crippen molar-refractivity contribution in [2.75, 3.05) is 6.54 Å². The van der Waals surface area contributed by atoms with Gasteiger partial charge < -0.3 is 4.52 Å². The van der Waals surface area contributed by atoms with Crippen molar-refractivity contribution >= 4 is 17.3 Å². The van der Waals surface area contributed by atoms with Crippen LogP contribution in [0.4, 0.5) is 0 Å². The molecule has 5 heteroatoms. The average Bonchev–Trinajstić information content (AvgIpc) is 3.21. The highest BCUT2D eigenvalue weighted by Crippen LogP contribution is 2.33. The van der Waals surface area contributed by atoms with Crippen LogP contribution < -0.4 is 0 Å². The Hall–Kier alpha value is -1.81. The second kappa shape index (κ2) is 4.88. The zero-order chi connectivity index (χ0) is 14.4. The van der Waals surface area contributed by atoms with Crippen LogP contribution in [-0.2, 0) is 6.54 Å². The highest BCUT2D eigenvalue weighted by molar-refractivity contribution is 6.31. The molecule has 0 spiro atoms. The van der Waals surface area contributed by atoms with Gasteiger partial charge in [0.2, 0.25) is 0 Å². The second-order valence-corrected chi connectivity index (χ2v) is 6.25. The fourth-order valence-electron chi connectivity index (χ4n) is 2.77. The fourth-order valence-corrected chi connectivity index (χ4v) is 2.96. The molecular weight excluding hydrogens is 286 g/mol. The first kappa shape index (κ1) is 12.9. The highest BCUT2D eigenvalue weighted by Gasteiger charge is 2.30. The van der Waals surface area contributed by atoms with Gasteiger partial charge in [-0.25, -0.2) is 0 Å². The van der Waals surface area contributed by atoms with Gasteiger partial charge in [0, 0.05) is 17.1 Å². The average molecular weight is 302 g/mol. The monoisotopic (exact) mass is 301 g/mol. The topological polar surface area (TPSA) is 41.6 Å². The van der Waals surface area contributed by atoms with Crippen molar-refractivity contribution in [3.63, 3.8) is 0 Å². The molecule has 1 saturated carbocycles. The maximum atomic E-state index is 6.13. The van der Waals surface area contributed by atoms with Crippen LogP contribution in [0.1, 0.15) is 35.4 Å². The van der Waals surface area contributed by atoms with Crippen molar-refractivity contribution in [3.8, 4) is 0 Å². The summed E-state index contributed by atoms with van der Waals surface area (Å²) in [5.41, 5.74) is 3.91. The lowest BCUT2D eigenvalue weighted by molar-refractivity contribution is 0.255. The van der Waals surface area contributed by atoms with Crippen LogP contribution in [0.25, 0.3) is 0 Å². The molecule has 0 atom stereocenters. The molecule has 0 bridgehead atoms. The molecule has 2 aliphatic rings. The summed E-state index contributed by atoms with van der Waals surface area (Å²) in [7, 11) is 0. The first-order valence-corrected chi connectivity index (χ1v) is 7.63. The molecule has 0 unspecified atom stereocenters. The van der Waals surface area contributed by atoms with Crippen molar-refractivity contribution < 1.29 is 4.52 Å². The first-order valence-electron chi connectivity index (χ1n) is 7.26. The van der Waals surface area contributed by atoms with Gasteiger partial charge in [0.05, 0.1) is 12.1 Å². The van der Waals surface area contributed by atoms with Gasteiger partial charge in [0.25, 0.3) is 0 Å². The van der Waals surface area contributed by atoms with Crippen molar-refractivity contribution in [3.05, 3.63) is 51.9 Å². The maximum Gasteiger partial charge on any atom is 0.143 e. The lowest BCUT2D eigenvalue weighted by Crippen LogP contribution is -2.28. The van der Waals surface area contributed by atoms with Crippen LogP contribution in [0.3, 0.4) is 0 Å². The summed E-state index contributed by atoms with van der Waals surface area (Å²) < 4.78 is 5.38. The number of aryl methyl sites for hydroxylation is 1. The van der Waals surface area contributed by atoms with Crippen LogP contribution in [0, 0.1) is 12.8 Å². The number of nitrogens with zero attached hydrogens (tertiary/aromatic N) is 3. The third-order valence-corrected chi connectivity index (χ3v) is 4.24. The summed E-state index contributed by atoms with van der Waals surface area (Å²) in [6.07, 6.45) is 2.62. The van der Waals surface area contributed by atoms with Crippen LogP contribution >= 0.6 is 11.6 Å². The van der Waals surface area contributed by atoms with E-state index in [1.807, 2.05) is 31.2 Å². The van der Waals surface area contributed by atoms with E-state index in [1.165, 1.54) is 12.8 Å². The van der Waals surface area contributed by atoms with E-state index in [0.717, 1.165) is 47.3 Å². The lowest BCUT2D eigenvalue weighted by Gasteiger charge is -2.24. The number of hydrazone groups is 1. The molecule has 1 fully saturated rings. The Morgan fingerprint density at radius 3 is 3.00 bits per heavy atom. The van der Waals surface area contributed by atoms with E-state index in [4.69, 9.17) is 21.2 Å². The molecule has 21 heavy (non-hydrogen) atoms. The first-order chi connectivity index (χ1) is 10.2. The molecular formula is C16H16ClN3O. The number of rotatable bonds is 3. The van der Waals surface area contributed by atoms with Crippen LogP contribution in [0.2, 0.25) is 5.02 Å². The zero-order valence-electron chi connectivity index (χ0n) is 11.8. The Balaban J connectivity index is 1.78. The largest absolute Gasteiger partial charge is 0.361 e. The number of fused-ring (bicyclic) bond motifs is 1. The van der Waals surface area contributed by atoms with E-state index in [2.05, 4.69) is 10.2 Å². The zero-order valence-corrected chi connectivity index (χ0v) is 12.6. The van der Waals surface area contributed by atoms with Gasteiger partial charge in [0.15, 0.2) is 0 Å². The summed E-state index contributed by atoms with van der Waals surface area (Å²) in [6.45, 7) is 3.66. The summed E-state index contributed by atoms with van der Waals surface area (Å²) >= 11 is 6.13. The van der Waals surface area contributed by atoms with Gasteiger partial charge in [0.1, 0.15) is 17.2 Å². The molecule has 1 aliphatic carbocycles. The summed E-state index contributed by atoms with van der Waals surface area (Å²) in [6, 6.07) is 7.79. The summed E-state index contributed by atoms with van der Waals surface area (Å²) in [5.74, 6) is 1.60. The molecule has 0 amide bonds. The Kier molecular flexibility index (Phi) is 3.00. The second-order valence-electron chi connectivity index (χ2n) is 5.81. The molecule has 4 rings (SSSR count). The van der Waals surface area contributed by atoms with Gasteiger partial charge in [-0.3, -0.25) is 5.01 Å². The third-order valence-electron chi connectivity index (χ3n) is 4.01. The Labute approximate surface area is 128 Å². The molecule has 1 aromatic heterocycles. The predicted octanol–water partition coefficient (Wildman–Crippen LogP) is 3.61. The molecule has 0 radical (unpaired) electrons. The van der Waals surface area contributed by atoms with Crippen molar-refractivity contribution in [2.45, 2.75) is 26.3 Å². The number of hydrogen-bond donors (Lipinski definition) is 0. The summed E-state index contributed by atoms with van der Waals surface area (Å²) in [5, 5.41) is 11.9. The van der Waals surface area contributed by atoms with Crippen LogP contribution in [0.15, 0.2) is 33.9 Å². The maximum absolute atomic E-state index is 6.13. The molecule has 0 saturated heterocycles. The Morgan fingerprint density at radius 2 is 2.24 bits per heavy atom.